The van der Waals surface area contributed by atoms with E-state index in [-0.39, 0.29) is 25.4 Å². The molecule has 1 aromatic carbocycles. The number of nitro groups is 2. The maximum atomic E-state index is 11.6. The van der Waals surface area contributed by atoms with Gasteiger partial charge in [0, 0.05) is 24.5 Å². The monoisotopic (exact) mass is 454 g/mol. The molecule has 26 heavy (non-hydrogen) atoms. The Balaban J connectivity index is 3.46. The lowest BCUT2D eigenvalue weighted by atomic mass is 10.1. The summed E-state index contributed by atoms with van der Waals surface area (Å²) in [6.07, 6.45) is 0.849. The Morgan fingerprint density at radius 1 is 1.27 bits per heavy atom. The first-order chi connectivity index (χ1) is 12.0. The molecule has 0 aliphatic carbocycles. The third kappa shape index (κ3) is 5.60. The van der Waals surface area contributed by atoms with Gasteiger partial charge in [-0.2, -0.15) is 8.42 Å². The number of nitro benzene ring substituents is 2. The van der Waals surface area contributed by atoms with Crippen molar-refractivity contribution in [3.05, 3.63) is 37.9 Å². The van der Waals surface area contributed by atoms with Crippen LogP contribution in [0.2, 0.25) is 0 Å². The predicted molar refractivity (Wildman–Crippen MR) is 95.1 cm³/mol. The van der Waals surface area contributed by atoms with Crippen LogP contribution in [0.3, 0.4) is 0 Å². The predicted octanol–water partition coefficient (Wildman–Crippen LogP) is 0.779. The Labute approximate surface area is 156 Å². The summed E-state index contributed by atoms with van der Waals surface area (Å²) in [6.45, 7) is -0.231. The van der Waals surface area contributed by atoms with Gasteiger partial charge in [-0.05, 0) is 6.07 Å². The number of nitrogens with zero attached hydrogens (tertiary/aromatic N) is 3. The van der Waals surface area contributed by atoms with Gasteiger partial charge in [0.15, 0.2) is 5.56 Å². The normalized spacial score (nSPS) is 11.2. The zero-order chi connectivity index (χ0) is 20.1. The summed E-state index contributed by atoms with van der Waals surface area (Å²) in [5, 5.41) is 22.9. The van der Waals surface area contributed by atoms with Crippen molar-refractivity contribution >= 4 is 49.0 Å². The lowest BCUT2D eigenvalue weighted by Gasteiger charge is -2.23. The van der Waals surface area contributed by atoms with Crippen LogP contribution < -0.4 is 10.6 Å². The van der Waals surface area contributed by atoms with E-state index in [2.05, 4.69) is 20.1 Å². The second-order valence-corrected chi connectivity index (χ2v) is 7.34. The van der Waals surface area contributed by atoms with Crippen LogP contribution in [0.1, 0.15) is 10.4 Å². The van der Waals surface area contributed by atoms with Crippen LogP contribution in [-0.2, 0) is 14.3 Å². The zero-order valence-electron chi connectivity index (χ0n) is 13.5. The number of anilines is 1. The number of carbonyl (C=O) groups is 1. The smallest absolute Gasteiger partial charge is 0.312 e. The van der Waals surface area contributed by atoms with Crippen LogP contribution in [-0.4, -0.2) is 55.5 Å². The van der Waals surface area contributed by atoms with E-state index >= 15 is 0 Å². The number of halogens is 1. The summed E-state index contributed by atoms with van der Waals surface area (Å²) in [7, 11) is -3.72. The van der Waals surface area contributed by atoms with E-state index in [1.54, 1.807) is 0 Å². The minimum Gasteiger partial charge on any atom is -0.365 e. The van der Waals surface area contributed by atoms with Crippen LogP contribution >= 0.6 is 15.9 Å². The molecule has 1 aromatic rings. The lowest BCUT2D eigenvalue weighted by Crippen LogP contribution is -2.31. The van der Waals surface area contributed by atoms with E-state index < -0.39 is 42.8 Å². The van der Waals surface area contributed by atoms with Gasteiger partial charge in [-0.15, -0.1) is 0 Å². The first kappa shape index (κ1) is 21.7. The van der Waals surface area contributed by atoms with Crippen molar-refractivity contribution in [1.29, 1.82) is 0 Å². The summed E-state index contributed by atoms with van der Waals surface area (Å²) in [6, 6.07) is 2.03. The fourth-order valence-corrected chi connectivity index (χ4v) is 2.96. The second kappa shape index (κ2) is 8.86. The molecule has 1 amide bonds. The zero-order valence-corrected chi connectivity index (χ0v) is 15.9. The van der Waals surface area contributed by atoms with Gasteiger partial charge in [0.2, 0.25) is 0 Å². The molecule has 0 spiro atoms. The minimum atomic E-state index is -3.72. The van der Waals surface area contributed by atoms with Crippen molar-refractivity contribution in [2.75, 3.05) is 36.2 Å². The molecule has 0 aliphatic rings. The number of amides is 1. The molecule has 144 valence electrons. The number of carbonyl (C=O) groups excluding carboxylic acids is 1. The van der Waals surface area contributed by atoms with Gasteiger partial charge >= 0.3 is 5.69 Å². The van der Waals surface area contributed by atoms with Crippen LogP contribution in [0.25, 0.3) is 0 Å². The summed E-state index contributed by atoms with van der Waals surface area (Å²) < 4.78 is 26.7. The van der Waals surface area contributed by atoms with Crippen LogP contribution in [0.15, 0.2) is 12.1 Å². The van der Waals surface area contributed by atoms with Crippen LogP contribution in [0.4, 0.5) is 17.1 Å². The van der Waals surface area contributed by atoms with Gasteiger partial charge in [0.25, 0.3) is 21.7 Å². The van der Waals surface area contributed by atoms with Crippen molar-refractivity contribution < 1.29 is 27.2 Å². The molecule has 0 unspecified atom stereocenters. The third-order valence-electron chi connectivity index (χ3n) is 3.11. The molecule has 0 saturated carbocycles. The molecule has 0 aliphatic heterocycles. The minimum absolute atomic E-state index is 0.0878. The quantitative estimate of drug-likeness (QED) is 0.231. The first-order valence-electron chi connectivity index (χ1n) is 6.90. The molecule has 2 N–H and O–H groups in total. The van der Waals surface area contributed by atoms with Gasteiger partial charge in [0.05, 0.1) is 22.7 Å². The summed E-state index contributed by atoms with van der Waals surface area (Å²) in [5.74, 6) is -1.32. The highest BCUT2D eigenvalue weighted by molar-refractivity contribution is 9.09. The fourth-order valence-electron chi connectivity index (χ4n) is 2.16. The van der Waals surface area contributed by atoms with Gasteiger partial charge in [-0.1, -0.05) is 15.9 Å². The molecule has 0 heterocycles. The molecule has 0 fully saturated rings. The standard InChI is InChI=1S/C12H15BrN4O8S/c1-26(23,24)25-7-6-15(5-4-13)9-3-2-8(16(19)20)10(12(14)18)11(9)17(21)22/h2-3H,4-7H2,1H3,(H2,14,18). The molecular weight excluding hydrogens is 440 g/mol. The van der Waals surface area contributed by atoms with Crippen molar-refractivity contribution in [3.63, 3.8) is 0 Å². The average molecular weight is 455 g/mol. The Bertz CT molecular complexity index is 829. The largest absolute Gasteiger partial charge is 0.365 e. The maximum absolute atomic E-state index is 11.6. The number of hydrogen-bond donors (Lipinski definition) is 1. The van der Waals surface area contributed by atoms with E-state index in [1.165, 1.54) is 4.90 Å². The SMILES string of the molecule is CS(=O)(=O)OCCN(CCBr)c1ccc([N+](=O)[O-])c(C(N)=O)c1[N+](=O)[O-]. The van der Waals surface area contributed by atoms with Crippen molar-refractivity contribution in [3.8, 4) is 0 Å². The summed E-state index contributed by atoms with van der Waals surface area (Å²) >= 11 is 3.16. The van der Waals surface area contributed by atoms with Gasteiger partial charge < -0.3 is 10.6 Å². The maximum Gasteiger partial charge on any atom is 0.312 e. The van der Waals surface area contributed by atoms with E-state index in [0.29, 0.717) is 5.33 Å². The van der Waals surface area contributed by atoms with Crippen molar-refractivity contribution in [1.82, 2.24) is 0 Å². The number of primary amides is 1. The number of benzene rings is 1. The van der Waals surface area contributed by atoms with Crippen LogP contribution in [0, 0.1) is 20.2 Å². The van der Waals surface area contributed by atoms with Crippen molar-refractivity contribution in [2.45, 2.75) is 0 Å². The molecule has 0 atom stereocenters. The van der Waals surface area contributed by atoms with E-state index in [4.69, 9.17) is 5.73 Å². The van der Waals surface area contributed by atoms with E-state index in [9.17, 15) is 33.4 Å². The van der Waals surface area contributed by atoms with E-state index in [1.807, 2.05) is 0 Å². The lowest BCUT2D eigenvalue weighted by molar-refractivity contribution is -0.394. The van der Waals surface area contributed by atoms with E-state index in [0.717, 1.165) is 18.4 Å². The molecule has 0 bridgehead atoms. The number of nitrogens with two attached hydrogens (primary N) is 1. The third-order valence-corrected chi connectivity index (χ3v) is 4.06. The molecule has 0 aromatic heterocycles. The fraction of sp³-hybridized carbons (Fsp3) is 0.417. The molecule has 1 rings (SSSR count). The average Bonchev–Trinajstić information content (AvgIpc) is 2.51. The Hall–Kier alpha value is -2.32. The van der Waals surface area contributed by atoms with Gasteiger partial charge in [-0.3, -0.25) is 29.2 Å². The summed E-state index contributed by atoms with van der Waals surface area (Å²) in [5.41, 5.74) is 2.54. The summed E-state index contributed by atoms with van der Waals surface area (Å²) in [4.78, 5) is 33.6. The molecule has 12 nitrogen and oxygen atoms in total. The topological polar surface area (TPSA) is 176 Å². The first-order valence-corrected chi connectivity index (χ1v) is 9.84. The van der Waals surface area contributed by atoms with Crippen LogP contribution in [0.5, 0.6) is 0 Å². The molecule has 0 saturated heterocycles. The highest BCUT2D eigenvalue weighted by atomic mass is 79.9. The highest BCUT2D eigenvalue weighted by Crippen LogP contribution is 2.37. The molecule has 0 radical (unpaired) electrons. The number of rotatable bonds is 10. The second-order valence-electron chi connectivity index (χ2n) is 4.91. The Kier molecular flexibility index (Phi) is 7.41. The number of alkyl halides is 1. The Morgan fingerprint density at radius 2 is 1.88 bits per heavy atom. The molecular formula is C12H15BrN4O8S. The van der Waals surface area contributed by atoms with Gasteiger partial charge in [-0.25, -0.2) is 0 Å². The molecule has 14 heteroatoms. The number of hydrogen-bond acceptors (Lipinski definition) is 9. The van der Waals surface area contributed by atoms with Crippen molar-refractivity contribution in [2.24, 2.45) is 5.73 Å². The highest BCUT2D eigenvalue weighted by Gasteiger charge is 2.34. The van der Waals surface area contributed by atoms with Gasteiger partial charge in [0.1, 0.15) is 5.69 Å². The Morgan fingerprint density at radius 3 is 2.31 bits per heavy atom.